The molecule has 1 aliphatic rings. The van der Waals surface area contributed by atoms with Crippen LogP contribution in [-0.2, 0) is 9.59 Å². The summed E-state index contributed by atoms with van der Waals surface area (Å²) in [6.45, 7) is 0.459. The van der Waals surface area contributed by atoms with E-state index in [2.05, 4.69) is 0 Å². The Balaban J connectivity index is 2.78. The molecule has 1 heterocycles. The number of aliphatic carboxylic acids is 1. The molecule has 2 atom stereocenters. The van der Waals surface area contributed by atoms with E-state index in [1.54, 1.807) is 5.32 Å². The molecule has 8 heteroatoms. The fraction of sp³-hybridized carbons (Fsp3) is 0.800. The lowest BCUT2D eigenvalue weighted by molar-refractivity contribution is -0.206. The smallest absolute Gasteiger partial charge is 0.422 e. The zero-order valence-electron chi connectivity index (χ0n) is 9.71. The first kappa shape index (κ1) is 15.1. The predicted octanol–water partition coefficient (Wildman–Crippen LogP) is 1.79. The highest BCUT2D eigenvalue weighted by Crippen LogP contribution is 2.32. The van der Waals surface area contributed by atoms with Crippen molar-refractivity contribution in [1.82, 2.24) is 5.32 Å². The number of carbonyl (C=O) groups is 2. The van der Waals surface area contributed by atoms with Gasteiger partial charge in [-0.2, -0.15) is 13.2 Å². The molecule has 0 bridgehead atoms. The Morgan fingerprint density at radius 3 is 2.33 bits per heavy atom. The number of carboxylic acids is 1. The second-order valence-electron chi connectivity index (χ2n) is 4.27. The third-order valence-corrected chi connectivity index (χ3v) is 4.22. The third kappa shape index (κ3) is 3.09. The number of hydrogen-bond acceptors (Lipinski definition) is 3. The molecule has 4 nitrogen and oxygen atoms in total. The average molecular weight is 285 g/mol. The van der Waals surface area contributed by atoms with E-state index < -0.39 is 28.8 Å². The van der Waals surface area contributed by atoms with Crippen molar-refractivity contribution in [3.8, 4) is 0 Å². The Morgan fingerprint density at radius 2 is 1.94 bits per heavy atom. The van der Waals surface area contributed by atoms with E-state index >= 15 is 0 Å². The SMILES string of the molecule is CC(NC(=O)C1CCCCS1)(C(=O)O)C(F)(F)F. The highest BCUT2D eigenvalue weighted by molar-refractivity contribution is 8.00. The largest absolute Gasteiger partial charge is 0.479 e. The van der Waals surface area contributed by atoms with Gasteiger partial charge in [-0.15, -0.1) is 11.8 Å². The summed E-state index contributed by atoms with van der Waals surface area (Å²) in [6.07, 6.45) is -2.87. The second-order valence-corrected chi connectivity index (χ2v) is 5.58. The van der Waals surface area contributed by atoms with Gasteiger partial charge in [0.05, 0.1) is 5.25 Å². The lowest BCUT2D eigenvalue weighted by atomic mass is 10.0. The van der Waals surface area contributed by atoms with E-state index in [1.165, 1.54) is 11.8 Å². The van der Waals surface area contributed by atoms with Gasteiger partial charge >= 0.3 is 12.1 Å². The normalized spacial score (nSPS) is 24.1. The van der Waals surface area contributed by atoms with Crippen LogP contribution in [0.25, 0.3) is 0 Å². The maximum Gasteiger partial charge on any atom is 0.422 e. The number of hydrogen-bond donors (Lipinski definition) is 2. The number of alkyl halides is 3. The average Bonchev–Trinajstić information content (AvgIpc) is 2.28. The summed E-state index contributed by atoms with van der Waals surface area (Å²) in [7, 11) is 0. The molecule has 1 saturated heterocycles. The van der Waals surface area contributed by atoms with E-state index in [9.17, 15) is 22.8 Å². The summed E-state index contributed by atoms with van der Waals surface area (Å²) < 4.78 is 38.0. The minimum atomic E-state index is -5.03. The molecule has 1 aliphatic heterocycles. The number of amides is 1. The van der Waals surface area contributed by atoms with Gasteiger partial charge in [0.25, 0.3) is 0 Å². The monoisotopic (exact) mass is 285 g/mol. The molecule has 0 spiro atoms. The quantitative estimate of drug-likeness (QED) is 0.829. The van der Waals surface area contributed by atoms with Gasteiger partial charge < -0.3 is 10.4 Å². The van der Waals surface area contributed by atoms with Crippen LogP contribution in [0.5, 0.6) is 0 Å². The van der Waals surface area contributed by atoms with Crippen molar-refractivity contribution in [1.29, 1.82) is 0 Å². The Kier molecular flexibility index (Phi) is 4.52. The molecule has 104 valence electrons. The Morgan fingerprint density at radius 1 is 1.33 bits per heavy atom. The van der Waals surface area contributed by atoms with Crippen LogP contribution in [-0.4, -0.2) is 39.7 Å². The van der Waals surface area contributed by atoms with Crippen LogP contribution in [0.4, 0.5) is 13.2 Å². The van der Waals surface area contributed by atoms with Crippen molar-refractivity contribution in [2.75, 3.05) is 5.75 Å². The predicted molar refractivity (Wildman–Crippen MR) is 60.3 cm³/mol. The molecule has 0 aromatic rings. The third-order valence-electron chi connectivity index (χ3n) is 2.84. The molecule has 2 N–H and O–H groups in total. The highest BCUT2D eigenvalue weighted by Gasteiger charge is 2.58. The van der Waals surface area contributed by atoms with Crippen LogP contribution in [0.1, 0.15) is 26.2 Å². The van der Waals surface area contributed by atoms with E-state index in [1.807, 2.05) is 0 Å². The first-order valence-corrected chi connectivity index (χ1v) is 6.47. The number of rotatable bonds is 3. The van der Waals surface area contributed by atoms with Gasteiger partial charge in [0, 0.05) is 0 Å². The van der Waals surface area contributed by atoms with Gasteiger partial charge in [-0.3, -0.25) is 4.79 Å². The van der Waals surface area contributed by atoms with E-state index in [0.29, 0.717) is 19.1 Å². The van der Waals surface area contributed by atoms with Crippen molar-refractivity contribution in [2.45, 2.75) is 43.2 Å². The molecular weight excluding hydrogens is 271 g/mol. The molecule has 18 heavy (non-hydrogen) atoms. The Bertz CT molecular complexity index is 342. The molecular formula is C10H14F3NO3S. The summed E-state index contributed by atoms with van der Waals surface area (Å²) in [5, 5.41) is 9.69. The highest BCUT2D eigenvalue weighted by atomic mass is 32.2. The Hall–Kier alpha value is -0.920. The molecule has 1 rings (SSSR count). The number of nitrogens with one attached hydrogen (secondary N) is 1. The van der Waals surface area contributed by atoms with Crippen LogP contribution >= 0.6 is 11.8 Å². The number of carboxylic acid groups (broad SMARTS) is 1. The minimum absolute atomic E-state index is 0.459. The van der Waals surface area contributed by atoms with Gasteiger partial charge in [-0.1, -0.05) is 6.42 Å². The van der Waals surface area contributed by atoms with Gasteiger partial charge in [0.1, 0.15) is 0 Å². The van der Waals surface area contributed by atoms with Gasteiger partial charge in [0.15, 0.2) is 0 Å². The van der Waals surface area contributed by atoms with Crippen molar-refractivity contribution >= 4 is 23.6 Å². The number of carbonyl (C=O) groups excluding carboxylic acids is 1. The topological polar surface area (TPSA) is 66.4 Å². The minimum Gasteiger partial charge on any atom is -0.479 e. The maximum atomic E-state index is 12.7. The van der Waals surface area contributed by atoms with Crippen molar-refractivity contribution in [3.05, 3.63) is 0 Å². The standard InChI is InChI=1S/C10H14F3NO3S/c1-9(8(16)17,10(11,12)13)14-7(15)6-4-2-3-5-18-6/h6H,2-5H2,1H3,(H,14,15)(H,16,17). The van der Waals surface area contributed by atoms with Crippen LogP contribution < -0.4 is 5.32 Å². The van der Waals surface area contributed by atoms with E-state index in [-0.39, 0.29) is 0 Å². The zero-order chi connectivity index (χ0) is 14.0. The lowest BCUT2D eigenvalue weighted by Gasteiger charge is -2.31. The summed E-state index contributed by atoms with van der Waals surface area (Å²) >= 11 is 1.26. The fourth-order valence-corrected chi connectivity index (χ4v) is 2.72. The molecule has 0 aromatic heterocycles. The van der Waals surface area contributed by atoms with Gasteiger partial charge in [0.2, 0.25) is 11.4 Å². The van der Waals surface area contributed by atoms with E-state index in [0.717, 1.165) is 12.8 Å². The van der Waals surface area contributed by atoms with Crippen LogP contribution in [0.3, 0.4) is 0 Å². The molecule has 0 radical (unpaired) electrons. The van der Waals surface area contributed by atoms with E-state index in [4.69, 9.17) is 5.11 Å². The molecule has 1 amide bonds. The van der Waals surface area contributed by atoms with Gasteiger partial charge in [-0.05, 0) is 25.5 Å². The number of thioether (sulfide) groups is 1. The Labute approximate surface area is 106 Å². The first-order chi connectivity index (χ1) is 8.18. The van der Waals surface area contributed by atoms with Crippen molar-refractivity contribution < 1.29 is 27.9 Å². The lowest BCUT2D eigenvalue weighted by Crippen LogP contribution is -2.63. The molecule has 0 aliphatic carbocycles. The summed E-state index contributed by atoms with van der Waals surface area (Å²) in [6, 6.07) is 0. The molecule has 0 aromatic carbocycles. The fourth-order valence-electron chi connectivity index (χ4n) is 1.52. The van der Waals surface area contributed by atoms with Crippen molar-refractivity contribution in [2.24, 2.45) is 0 Å². The molecule has 2 unspecified atom stereocenters. The molecule has 0 saturated carbocycles. The number of halogens is 3. The van der Waals surface area contributed by atoms with Crippen molar-refractivity contribution in [3.63, 3.8) is 0 Å². The van der Waals surface area contributed by atoms with Gasteiger partial charge in [-0.25, -0.2) is 4.79 Å². The van der Waals surface area contributed by atoms with Crippen LogP contribution in [0.2, 0.25) is 0 Å². The summed E-state index contributed by atoms with van der Waals surface area (Å²) in [5.41, 5.74) is -3.23. The van der Waals surface area contributed by atoms with Crippen LogP contribution in [0, 0.1) is 0 Å². The second kappa shape index (κ2) is 5.38. The zero-order valence-corrected chi connectivity index (χ0v) is 10.5. The van der Waals surface area contributed by atoms with Crippen LogP contribution in [0.15, 0.2) is 0 Å². The maximum absolute atomic E-state index is 12.7. The molecule has 1 fully saturated rings. The summed E-state index contributed by atoms with van der Waals surface area (Å²) in [4.78, 5) is 22.4. The summed E-state index contributed by atoms with van der Waals surface area (Å²) in [5.74, 6) is -2.26. The first-order valence-electron chi connectivity index (χ1n) is 5.42.